The topological polar surface area (TPSA) is 64.0 Å². The van der Waals surface area contributed by atoms with E-state index in [9.17, 15) is 8.42 Å². The summed E-state index contributed by atoms with van der Waals surface area (Å²) in [4.78, 5) is 3.93. The van der Waals surface area contributed by atoms with E-state index in [-0.39, 0.29) is 11.8 Å². The fraction of sp³-hybridized carbons (Fsp3) is 0.700. The Morgan fingerprint density at radius 3 is 2.69 bits per heavy atom. The Morgan fingerprint density at radius 2 is 2.19 bits per heavy atom. The van der Waals surface area contributed by atoms with E-state index in [1.54, 1.807) is 12.5 Å². The minimum absolute atomic E-state index is 0.0641. The average molecular weight is 245 g/mol. The maximum absolute atomic E-state index is 11.6. The molecule has 1 rings (SSSR count). The summed E-state index contributed by atoms with van der Waals surface area (Å²) >= 11 is 0. The quantitative estimate of drug-likeness (QED) is 0.779. The van der Waals surface area contributed by atoms with Crippen LogP contribution in [-0.2, 0) is 16.6 Å². The Hall–Kier alpha value is -0.880. The first kappa shape index (κ1) is 13.2. The SMILES string of the molecule is CCCS(=O)(=O)NC(CC)Cn1ccnc1. The Balaban J connectivity index is 2.56. The van der Waals surface area contributed by atoms with E-state index >= 15 is 0 Å². The maximum Gasteiger partial charge on any atom is 0.211 e. The van der Waals surface area contributed by atoms with Gasteiger partial charge in [-0.1, -0.05) is 13.8 Å². The van der Waals surface area contributed by atoms with Gasteiger partial charge < -0.3 is 4.57 Å². The number of imidazole rings is 1. The number of aromatic nitrogens is 2. The summed E-state index contributed by atoms with van der Waals surface area (Å²) in [5.74, 6) is 0.188. The first-order valence-electron chi connectivity index (χ1n) is 5.53. The van der Waals surface area contributed by atoms with Gasteiger partial charge in [0.25, 0.3) is 0 Å². The Morgan fingerprint density at radius 1 is 1.44 bits per heavy atom. The number of sulfonamides is 1. The molecule has 0 fully saturated rings. The van der Waals surface area contributed by atoms with Crippen molar-refractivity contribution >= 4 is 10.0 Å². The summed E-state index contributed by atoms with van der Waals surface area (Å²) in [6.07, 6.45) is 6.61. The second kappa shape index (κ2) is 6.00. The van der Waals surface area contributed by atoms with Crippen molar-refractivity contribution in [1.82, 2.24) is 14.3 Å². The molecule has 0 amide bonds. The van der Waals surface area contributed by atoms with E-state index in [1.807, 2.05) is 24.6 Å². The second-order valence-corrected chi connectivity index (χ2v) is 5.67. The molecular formula is C10H19N3O2S. The Bertz CT molecular complexity index is 386. The molecule has 1 N–H and O–H groups in total. The van der Waals surface area contributed by atoms with Crippen molar-refractivity contribution in [3.05, 3.63) is 18.7 Å². The lowest BCUT2D eigenvalue weighted by atomic mass is 10.2. The lowest BCUT2D eigenvalue weighted by Gasteiger charge is -2.17. The van der Waals surface area contributed by atoms with Crippen LogP contribution in [0, 0.1) is 0 Å². The standard InChI is InChI=1S/C10H19N3O2S/c1-3-7-16(14,15)12-10(4-2)8-13-6-5-11-9-13/h5-6,9-10,12H,3-4,7-8H2,1-2H3. The molecule has 0 saturated carbocycles. The largest absolute Gasteiger partial charge is 0.336 e. The molecule has 1 unspecified atom stereocenters. The zero-order valence-electron chi connectivity index (χ0n) is 9.76. The monoisotopic (exact) mass is 245 g/mol. The highest BCUT2D eigenvalue weighted by Gasteiger charge is 2.15. The number of hydrogen-bond donors (Lipinski definition) is 1. The van der Waals surface area contributed by atoms with Gasteiger partial charge in [-0.3, -0.25) is 0 Å². The van der Waals surface area contributed by atoms with Crippen LogP contribution in [0.5, 0.6) is 0 Å². The van der Waals surface area contributed by atoms with Gasteiger partial charge >= 0.3 is 0 Å². The van der Waals surface area contributed by atoms with Gasteiger partial charge in [0.05, 0.1) is 12.1 Å². The molecule has 0 radical (unpaired) electrons. The van der Waals surface area contributed by atoms with Crippen molar-refractivity contribution < 1.29 is 8.42 Å². The molecule has 6 heteroatoms. The highest BCUT2D eigenvalue weighted by molar-refractivity contribution is 7.89. The molecule has 1 atom stereocenters. The van der Waals surface area contributed by atoms with E-state index in [2.05, 4.69) is 9.71 Å². The molecule has 0 aliphatic rings. The third-order valence-corrected chi connectivity index (χ3v) is 3.94. The Kier molecular flexibility index (Phi) is 4.95. The first-order valence-corrected chi connectivity index (χ1v) is 7.18. The summed E-state index contributed by atoms with van der Waals surface area (Å²) in [6.45, 7) is 4.45. The zero-order chi connectivity index (χ0) is 12.0. The smallest absolute Gasteiger partial charge is 0.211 e. The van der Waals surface area contributed by atoms with Crippen LogP contribution >= 0.6 is 0 Å². The van der Waals surface area contributed by atoms with Gasteiger partial charge in [0.1, 0.15) is 0 Å². The van der Waals surface area contributed by atoms with Gasteiger partial charge in [-0.25, -0.2) is 18.1 Å². The molecule has 1 heterocycles. The van der Waals surface area contributed by atoms with E-state index in [1.165, 1.54) is 0 Å². The lowest BCUT2D eigenvalue weighted by Crippen LogP contribution is -2.38. The first-order chi connectivity index (χ1) is 7.57. The molecule has 1 aromatic heterocycles. The van der Waals surface area contributed by atoms with Crippen molar-refractivity contribution in [3.8, 4) is 0 Å². The van der Waals surface area contributed by atoms with Crippen LogP contribution in [0.15, 0.2) is 18.7 Å². The number of nitrogens with one attached hydrogen (secondary N) is 1. The molecule has 16 heavy (non-hydrogen) atoms. The van der Waals surface area contributed by atoms with Crippen LogP contribution in [0.1, 0.15) is 26.7 Å². The third-order valence-electron chi connectivity index (χ3n) is 2.30. The van der Waals surface area contributed by atoms with Gasteiger partial charge in [-0.15, -0.1) is 0 Å². The highest BCUT2D eigenvalue weighted by atomic mass is 32.2. The van der Waals surface area contributed by atoms with Crippen LogP contribution < -0.4 is 4.72 Å². The third kappa shape index (κ3) is 4.32. The highest BCUT2D eigenvalue weighted by Crippen LogP contribution is 2.00. The van der Waals surface area contributed by atoms with E-state index in [0.29, 0.717) is 13.0 Å². The van der Waals surface area contributed by atoms with Crippen LogP contribution in [-0.4, -0.2) is 29.8 Å². The molecule has 0 aliphatic heterocycles. The fourth-order valence-electron chi connectivity index (χ4n) is 1.48. The van der Waals surface area contributed by atoms with Crippen molar-refractivity contribution in [2.75, 3.05) is 5.75 Å². The molecular weight excluding hydrogens is 226 g/mol. The van der Waals surface area contributed by atoms with Gasteiger partial charge in [-0.2, -0.15) is 0 Å². The Labute approximate surface area is 96.9 Å². The van der Waals surface area contributed by atoms with Gasteiger partial charge in [-0.05, 0) is 12.8 Å². The van der Waals surface area contributed by atoms with Crippen molar-refractivity contribution in [1.29, 1.82) is 0 Å². The van der Waals surface area contributed by atoms with E-state index in [0.717, 1.165) is 6.42 Å². The average Bonchev–Trinajstić information content (AvgIpc) is 2.69. The molecule has 0 saturated heterocycles. The summed E-state index contributed by atoms with van der Waals surface area (Å²) in [7, 11) is -3.13. The molecule has 0 aromatic carbocycles. The van der Waals surface area contributed by atoms with Crippen LogP contribution in [0.4, 0.5) is 0 Å². The normalized spacial score (nSPS) is 13.9. The summed E-state index contributed by atoms with van der Waals surface area (Å²) in [5.41, 5.74) is 0. The zero-order valence-corrected chi connectivity index (χ0v) is 10.6. The van der Waals surface area contributed by atoms with Gasteiger partial charge in [0.15, 0.2) is 0 Å². The van der Waals surface area contributed by atoms with Crippen molar-refractivity contribution in [2.24, 2.45) is 0 Å². The van der Waals surface area contributed by atoms with Crippen LogP contribution in [0.2, 0.25) is 0 Å². The van der Waals surface area contributed by atoms with Gasteiger partial charge in [0.2, 0.25) is 10.0 Å². The van der Waals surface area contributed by atoms with Crippen LogP contribution in [0.3, 0.4) is 0 Å². The van der Waals surface area contributed by atoms with Crippen molar-refractivity contribution in [2.45, 2.75) is 39.3 Å². The van der Waals surface area contributed by atoms with Crippen molar-refractivity contribution in [3.63, 3.8) is 0 Å². The fourth-order valence-corrected chi connectivity index (χ4v) is 2.88. The molecule has 0 bridgehead atoms. The maximum atomic E-state index is 11.6. The number of rotatable bonds is 7. The predicted octanol–water partition coefficient (Wildman–Crippen LogP) is 0.991. The number of hydrogen-bond acceptors (Lipinski definition) is 3. The minimum atomic E-state index is -3.13. The number of nitrogens with zero attached hydrogens (tertiary/aromatic N) is 2. The molecule has 5 nitrogen and oxygen atoms in total. The molecule has 92 valence electrons. The van der Waals surface area contributed by atoms with Crippen LogP contribution in [0.25, 0.3) is 0 Å². The summed E-state index contributed by atoms with van der Waals surface area (Å²) < 4.78 is 27.8. The van der Waals surface area contributed by atoms with E-state index in [4.69, 9.17) is 0 Å². The van der Waals surface area contributed by atoms with E-state index < -0.39 is 10.0 Å². The summed E-state index contributed by atoms with van der Waals surface area (Å²) in [6, 6.07) is -0.0641. The molecule has 1 aromatic rings. The predicted molar refractivity (Wildman–Crippen MR) is 63.5 cm³/mol. The second-order valence-electron chi connectivity index (χ2n) is 3.80. The lowest BCUT2D eigenvalue weighted by molar-refractivity contribution is 0.484. The molecule has 0 spiro atoms. The minimum Gasteiger partial charge on any atom is -0.336 e. The molecule has 0 aliphatic carbocycles. The van der Waals surface area contributed by atoms with Gasteiger partial charge in [0, 0.05) is 25.0 Å². The summed E-state index contributed by atoms with van der Waals surface area (Å²) in [5, 5.41) is 0.